The maximum atomic E-state index is 4.31. The fourth-order valence-corrected chi connectivity index (χ4v) is 3.21. The Morgan fingerprint density at radius 1 is 1.53 bits per heavy atom. The Morgan fingerprint density at radius 2 is 2.53 bits per heavy atom. The molecule has 1 aliphatic rings. The Bertz CT molecular complexity index is 435. The van der Waals surface area contributed by atoms with Gasteiger partial charge in [-0.05, 0) is 0 Å². The average Bonchev–Trinajstić information content (AvgIpc) is 2.87. The Morgan fingerprint density at radius 3 is 3.40 bits per heavy atom. The van der Waals surface area contributed by atoms with Crippen LogP contribution in [0.5, 0.6) is 0 Å². The first-order valence-electron chi connectivity index (χ1n) is 4.87. The fraction of sp³-hybridized carbons (Fsp3) is 0.400. The molecule has 3 rings (SSSR count). The molecule has 1 radical (unpaired) electrons. The normalized spacial score (nSPS) is 16.5. The minimum absolute atomic E-state index is 0.967. The molecule has 1 aliphatic heterocycles. The minimum atomic E-state index is 0.967. The second-order valence-electron chi connectivity index (χ2n) is 3.56. The Labute approximate surface area is 96.4 Å². The quantitative estimate of drug-likeness (QED) is 0.798. The van der Waals surface area contributed by atoms with E-state index in [1.165, 1.54) is 15.6 Å². The number of aromatic nitrogens is 2. The second kappa shape index (κ2) is 4.00. The third kappa shape index (κ3) is 1.95. The summed E-state index contributed by atoms with van der Waals surface area (Å²) in [6, 6.07) is 0. The van der Waals surface area contributed by atoms with E-state index in [0.717, 1.165) is 26.1 Å². The zero-order valence-corrected chi connectivity index (χ0v) is 9.77. The van der Waals surface area contributed by atoms with Gasteiger partial charge in [-0.3, -0.25) is 4.90 Å². The lowest BCUT2D eigenvalue weighted by Gasteiger charge is -2.24. The number of hydrogen-bond donors (Lipinski definition) is 0. The van der Waals surface area contributed by atoms with Crippen molar-refractivity contribution in [1.29, 1.82) is 0 Å². The summed E-state index contributed by atoms with van der Waals surface area (Å²) >= 11 is 3.37. The van der Waals surface area contributed by atoms with Crippen LogP contribution < -0.4 is 0 Å². The molecule has 0 amide bonds. The van der Waals surface area contributed by atoms with Crippen LogP contribution in [0.2, 0.25) is 0 Å². The van der Waals surface area contributed by atoms with Crippen molar-refractivity contribution < 1.29 is 0 Å². The Kier molecular flexibility index (Phi) is 2.52. The predicted octanol–water partition coefficient (Wildman–Crippen LogP) is 1.96. The van der Waals surface area contributed by atoms with Crippen LogP contribution in [-0.2, 0) is 19.5 Å². The molecular weight excluding hydrogens is 226 g/mol. The third-order valence-corrected chi connectivity index (χ3v) is 4.10. The first kappa shape index (κ1) is 9.45. The standard InChI is InChI=1S/C10H10N3S2/c1-3-13(6-10-11-2-4-14-10)5-9-8(1)12-7-15-9/h2,4H,1,3,5-6H2. The summed E-state index contributed by atoms with van der Waals surface area (Å²) in [7, 11) is 0. The van der Waals surface area contributed by atoms with E-state index in [1.807, 2.05) is 11.6 Å². The van der Waals surface area contributed by atoms with Crippen molar-refractivity contribution in [2.24, 2.45) is 0 Å². The van der Waals surface area contributed by atoms with Crippen molar-refractivity contribution in [2.45, 2.75) is 19.5 Å². The van der Waals surface area contributed by atoms with Gasteiger partial charge in [0.15, 0.2) is 5.51 Å². The summed E-state index contributed by atoms with van der Waals surface area (Å²) in [5.41, 5.74) is 4.22. The minimum Gasteiger partial charge on any atom is -0.291 e. The third-order valence-electron chi connectivity index (χ3n) is 2.55. The van der Waals surface area contributed by atoms with E-state index >= 15 is 0 Å². The number of rotatable bonds is 2. The van der Waals surface area contributed by atoms with Crippen molar-refractivity contribution in [2.75, 3.05) is 6.54 Å². The molecule has 77 valence electrons. The van der Waals surface area contributed by atoms with Gasteiger partial charge in [0, 0.05) is 36.0 Å². The van der Waals surface area contributed by atoms with Gasteiger partial charge in [0.25, 0.3) is 0 Å². The number of nitrogens with zero attached hydrogens (tertiary/aromatic N) is 3. The van der Waals surface area contributed by atoms with Gasteiger partial charge in [-0.1, -0.05) is 0 Å². The number of thiazole rings is 2. The van der Waals surface area contributed by atoms with Crippen LogP contribution in [0.15, 0.2) is 11.6 Å². The van der Waals surface area contributed by atoms with E-state index in [0.29, 0.717) is 0 Å². The summed E-state index contributed by atoms with van der Waals surface area (Å²) in [6.45, 7) is 3.06. The second-order valence-corrected chi connectivity index (χ2v) is 5.42. The summed E-state index contributed by atoms with van der Waals surface area (Å²) < 4.78 is 0. The van der Waals surface area contributed by atoms with Gasteiger partial charge in [0.1, 0.15) is 5.01 Å². The van der Waals surface area contributed by atoms with E-state index < -0.39 is 0 Å². The fourth-order valence-electron chi connectivity index (χ4n) is 1.78. The van der Waals surface area contributed by atoms with Crippen LogP contribution in [-0.4, -0.2) is 21.4 Å². The van der Waals surface area contributed by atoms with Crippen molar-refractivity contribution in [3.63, 3.8) is 0 Å². The molecule has 0 aromatic carbocycles. The Hall–Kier alpha value is -0.780. The van der Waals surface area contributed by atoms with E-state index in [-0.39, 0.29) is 0 Å². The van der Waals surface area contributed by atoms with Gasteiger partial charge in [-0.25, -0.2) is 9.97 Å². The molecule has 0 unspecified atom stereocenters. The van der Waals surface area contributed by atoms with E-state index in [1.54, 1.807) is 22.7 Å². The van der Waals surface area contributed by atoms with Crippen LogP contribution in [0.25, 0.3) is 0 Å². The van der Waals surface area contributed by atoms with Crippen molar-refractivity contribution in [3.8, 4) is 0 Å². The van der Waals surface area contributed by atoms with Gasteiger partial charge in [-0.15, -0.1) is 22.7 Å². The lowest BCUT2D eigenvalue weighted by atomic mass is 10.2. The average molecular weight is 236 g/mol. The summed E-state index contributed by atoms with van der Waals surface area (Å²) in [5, 5.41) is 3.23. The lowest BCUT2D eigenvalue weighted by Crippen LogP contribution is -2.29. The highest BCUT2D eigenvalue weighted by atomic mass is 32.1. The van der Waals surface area contributed by atoms with Gasteiger partial charge < -0.3 is 0 Å². The van der Waals surface area contributed by atoms with Gasteiger partial charge in [0.2, 0.25) is 0 Å². The molecule has 2 aromatic heterocycles. The van der Waals surface area contributed by atoms with Crippen LogP contribution in [0.1, 0.15) is 15.6 Å². The molecule has 0 aliphatic carbocycles. The zero-order valence-electron chi connectivity index (χ0n) is 8.14. The van der Waals surface area contributed by atoms with Crippen molar-refractivity contribution in [1.82, 2.24) is 14.9 Å². The molecular formula is C10H10N3S2. The SMILES string of the molecule is [c]1nc2c(s1)CN(Cc1nccs1)CC2. The monoisotopic (exact) mass is 236 g/mol. The topological polar surface area (TPSA) is 29.0 Å². The van der Waals surface area contributed by atoms with E-state index in [4.69, 9.17) is 0 Å². The van der Waals surface area contributed by atoms with Crippen LogP contribution in [0.4, 0.5) is 0 Å². The van der Waals surface area contributed by atoms with E-state index in [9.17, 15) is 0 Å². The smallest absolute Gasteiger partial charge is 0.152 e. The molecule has 5 heteroatoms. The first-order valence-corrected chi connectivity index (χ1v) is 6.57. The Balaban J connectivity index is 1.71. The lowest BCUT2D eigenvalue weighted by molar-refractivity contribution is 0.247. The summed E-state index contributed by atoms with van der Waals surface area (Å²) in [5.74, 6) is 0. The molecule has 0 spiro atoms. The van der Waals surface area contributed by atoms with Gasteiger partial charge in [0.05, 0.1) is 12.2 Å². The van der Waals surface area contributed by atoms with Crippen molar-refractivity contribution in [3.05, 3.63) is 32.7 Å². The van der Waals surface area contributed by atoms with E-state index in [2.05, 4.69) is 20.4 Å². The molecule has 3 heterocycles. The predicted molar refractivity (Wildman–Crippen MR) is 60.9 cm³/mol. The summed E-state index contributed by atoms with van der Waals surface area (Å²) in [6.07, 6.45) is 2.93. The number of hydrogen-bond acceptors (Lipinski definition) is 5. The molecule has 3 nitrogen and oxygen atoms in total. The highest BCUT2D eigenvalue weighted by molar-refractivity contribution is 7.09. The van der Waals surface area contributed by atoms with Crippen LogP contribution >= 0.6 is 22.7 Å². The number of fused-ring (bicyclic) bond motifs is 1. The maximum Gasteiger partial charge on any atom is 0.152 e. The van der Waals surface area contributed by atoms with Crippen LogP contribution in [0, 0.1) is 5.51 Å². The maximum absolute atomic E-state index is 4.31. The first-order chi connectivity index (χ1) is 7.42. The molecule has 0 bridgehead atoms. The highest BCUT2D eigenvalue weighted by Crippen LogP contribution is 2.22. The molecule has 0 fully saturated rings. The van der Waals surface area contributed by atoms with Crippen LogP contribution in [0.3, 0.4) is 0 Å². The van der Waals surface area contributed by atoms with Gasteiger partial charge in [-0.2, -0.15) is 0 Å². The molecule has 0 saturated heterocycles. The van der Waals surface area contributed by atoms with Gasteiger partial charge >= 0.3 is 0 Å². The molecule has 2 aromatic rings. The molecule has 0 N–H and O–H groups in total. The molecule has 0 atom stereocenters. The largest absolute Gasteiger partial charge is 0.291 e. The molecule has 15 heavy (non-hydrogen) atoms. The highest BCUT2D eigenvalue weighted by Gasteiger charge is 2.18. The molecule has 0 saturated carbocycles. The van der Waals surface area contributed by atoms with Crippen molar-refractivity contribution >= 4 is 22.7 Å². The summed E-state index contributed by atoms with van der Waals surface area (Å²) in [4.78, 5) is 12.3. The zero-order chi connectivity index (χ0) is 10.1.